The maximum Gasteiger partial charge on any atom is 0.286 e. The summed E-state index contributed by atoms with van der Waals surface area (Å²) >= 11 is 0. The van der Waals surface area contributed by atoms with E-state index in [1.807, 2.05) is 12.1 Å². The van der Waals surface area contributed by atoms with Gasteiger partial charge in [-0.25, -0.2) is 4.98 Å². The van der Waals surface area contributed by atoms with Gasteiger partial charge in [0.2, 0.25) is 0 Å². The molecule has 1 N–H and O–H groups in total. The molecule has 2 aliphatic rings. The van der Waals surface area contributed by atoms with Crippen molar-refractivity contribution >= 4 is 16.7 Å². The van der Waals surface area contributed by atoms with Gasteiger partial charge in [-0.2, -0.15) is 0 Å². The molecule has 2 fully saturated rings. The molecular formula is C17H22N4O3. The van der Waals surface area contributed by atoms with Crippen LogP contribution in [0.3, 0.4) is 0 Å². The molecule has 128 valence electrons. The minimum Gasteiger partial charge on any atom is -0.423 e. The summed E-state index contributed by atoms with van der Waals surface area (Å²) in [6, 6.07) is 5.83. The van der Waals surface area contributed by atoms with Crippen LogP contribution in [0.1, 0.15) is 12.8 Å². The van der Waals surface area contributed by atoms with Gasteiger partial charge in [0.1, 0.15) is 0 Å². The highest BCUT2D eigenvalue weighted by atomic mass is 16.5. The van der Waals surface area contributed by atoms with E-state index in [1.54, 1.807) is 6.20 Å². The summed E-state index contributed by atoms with van der Waals surface area (Å²) in [6.45, 7) is 5.48. The van der Waals surface area contributed by atoms with Crippen LogP contribution in [0.15, 0.2) is 29.2 Å². The molecule has 2 saturated heterocycles. The van der Waals surface area contributed by atoms with Crippen molar-refractivity contribution < 1.29 is 9.94 Å². The molecule has 2 aliphatic heterocycles. The Bertz CT molecular complexity index is 777. The first-order valence-electron chi connectivity index (χ1n) is 8.51. The van der Waals surface area contributed by atoms with Gasteiger partial charge in [0.15, 0.2) is 5.65 Å². The fraction of sp³-hybridized carbons (Fsp3) is 0.529. The van der Waals surface area contributed by atoms with Crippen LogP contribution in [0.5, 0.6) is 0 Å². The van der Waals surface area contributed by atoms with E-state index in [-0.39, 0.29) is 0 Å². The van der Waals surface area contributed by atoms with E-state index in [1.165, 1.54) is 6.07 Å². The Kier molecular flexibility index (Phi) is 4.12. The topological polar surface area (TPSA) is 70.8 Å². The summed E-state index contributed by atoms with van der Waals surface area (Å²) in [5.41, 5.74) is 0.746. The van der Waals surface area contributed by atoms with Crippen LogP contribution >= 0.6 is 0 Å². The van der Waals surface area contributed by atoms with Gasteiger partial charge >= 0.3 is 0 Å². The molecule has 2 aromatic rings. The van der Waals surface area contributed by atoms with Crippen molar-refractivity contribution in [2.45, 2.75) is 18.9 Å². The van der Waals surface area contributed by atoms with Gasteiger partial charge in [-0.1, -0.05) is 0 Å². The van der Waals surface area contributed by atoms with Crippen LogP contribution in [0.2, 0.25) is 0 Å². The standard InChI is InChI=1S/C17H22N4O3/c22-16-12-15(14-2-1-5-18-17(14)21(16)23)20-6-3-13(4-7-20)19-8-10-24-11-9-19/h1-2,5,12-13,23H,3-4,6-11H2. The zero-order valence-corrected chi connectivity index (χ0v) is 13.6. The number of anilines is 1. The van der Waals surface area contributed by atoms with E-state index >= 15 is 0 Å². The molecule has 0 radical (unpaired) electrons. The first-order valence-corrected chi connectivity index (χ1v) is 8.51. The van der Waals surface area contributed by atoms with E-state index in [0.29, 0.717) is 16.4 Å². The van der Waals surface area contributed by atoms with Crippen molar-refractivity contribution in [2.75, 3.05) is 44.3 Å². The van der Waals surface area contributed by atoms with Gasteiger partial charge in [0.05, 0.1) is 18.9 Å². The van der Waals surface area contributed by atoms with Crippen molar-refractivity contribution in [2.24, 2.45) is 0 Å². The second-order valence-electron chi connectivity index (χ2n) is 6.42. The molecule has 2 aromatic heterocycles. The first kappa shape index (κ1) is 15.4. The van der Waals surface area contributed by atoms with Gasteiger partial charge in [-0.05, 0) is 25.0 Å². The number of ether oxygens (including phenoxy) is 1. The van der Waals surface area contributed by atoms with Gasteiger partial charge < -0.3 is 14.8 Å². The van der Waals surface area contributed by atoms with Gasteiger partial charge in [-0.15, -0.1) is 4.73 Å². The average molecular weight is 330 g/mol. The molecule has 0 saturated carbocycles. The molecule has 7 heteroatoms. The van der Waals surface area contributed by atoms with Crippen LogP contribution in [-0.4, -0.2) is 65.3 Å². The summed E-state index contributed by atoms with van der Waals surface area (Å²) in [6.07, 6.45) is 3.73. The van der Waals surface area contributed by atoms with Crippen molar-refractivity contribution in [1.29, 1.82) is 0 Å². The molecule has 4 heterocycles. The monoisotopic (exact) mass is 330 g/mol. The molecule has 0 atom stereocenters. The van der Waals surface area contributed by atoms with Crippen LogP contribution in [-0.2, 0) is 4.74 Å². The third kappa shape index (κ3) is 2.74. The average Bonchev–Trinajstić information content (AvgIpc) is 2.66. The van der Waals surface area contributed by atoms with Crippen molar-refractivity contribution in [3.8, 4) is 0 Å². The molecule has 0 amide bonds. The fourth-order valence-electron chi connectivity index (χ4n) is 3.80. The second kappa shape index (κ2) is 6.41. The Labute approximate surface area is 140 Å². The number of pyridine rings is 2. The SMILES string of the molecule is O=c1cc(N2CCC(N3CCOCC3)CC2)c2cccnc2n1O. The highest BCUT2D eigenvalue weighted by molar-refractivity contribution is 5.89. The first-order chi connectivity index (χ1) is 11.7. The normalized spacial score (nSPS) is 20.6. The highest BCUT2D eigenvalue weighted by Gasteiger charge is 2.27. The number of rotatable bonds is 2. The number of hydrogen-bond donors (Lipinski definition) is 1. The third-order valence-corrected chi connectivity index (χ3v) is 5.10. The van der Waals surface area contributed by atoms with Crippen molar-refractivity contribution in [1.82, 2.24) is 14.6 Å². The summed E-state index contributed by atoms with van der Waals surface area (Å²) in [7, 11) is 0. The lowest BCUT2D eigenvalue weighted by atomic mass is 10.0. The molecule has 0 unspecified atom stereocenters. The van der Waals surface area contributed by atoms with Gasteiger partial charge in [0, 0.05) is 49.9 Å². The number of hydrogen-bond acceptors (Lipinski definition) is 6. The number of piperidine rings is 1. The summed E-state index contributed by atoms with van der Waals surface area (Å²) in [5.74, 6) is 0. The summed E-state index contributed by atoms with van der Waals surface area (Å²) in [5, 5.41) is 10.7. The molecule has 0 aliphatic carbocycles. The maximum absolute atomic E-state index is 12.0. The third-order valence-electron chi connectivity index (χ3n) is 5.10. The minimum atomic E-state index is -0.438. The predicted octanol–water partition coefficient (Wildman–Crippen LogP) is 0.935. The highest BCUT2D eigenvalue weighted by Crippen LogP contribution is 2.27. The van der Waals surface area contributed by atoms with E-state index in [9.17, 15) is 10.0 Å². The summed E-state index contributed by atoms with van der Waals surface area (Å²) < 4.78 is 6.06. The Morgan fingerprint density at radius 3 is 2.67 bits per heavy atom. The van der Waals surface area contributed by atoms with Crippen LogP contribution in [0.4, 0.5) is 5.69 Å². The lowest BCUT2D eigenvalue weighted by Gasteiger charge is -2.41. The van der Waals surface area contributed by atoms with Gasteiger partial charge in [0.25, 0.3) is 5.56 Å². The molecule has 4 rings (SSSR count). The maximum atomic E-state index is 12.0. The Balaban J connectivity index is 1.56. The molecule has 24 heavy (non-hydrogen) atoms. The largest absolute Gasteiger partial charge is 0.423 e. The van der Waals surface area contributed by atoms with Crippen molar-refractivity contribution in [3.05, 3.63) is 34.7 Å². The van der Waals surface area contributed by atoms with Crippen LogP contribution < -0.4 is 10.5 Å². The van der Waals surface area contributed by atoms with E-state index in [4.69, 9.17) is 4.74 Å². The lowest BCUT2D eigenvalue weighted by Crippen LogP contribution is -2.49. The molecule has 7 nitrogen and oxygen atoms in total. The molecule has 0 aromatic carbocycles. The van der Waals surface area contributed by atoms with Crippen molar-refractivity contribution in [3.63, 3.8) is 0 Å². The van der Waals surface area contributed by atoms with E-state index in [2.05, 4.69) is 14.8 Å². The van der Waals surface area contributed by atoms with E-state index in [0.717, 1.165) is 63.3 Å². The molecule has 0 spiro atoms. The second-order valence-corrected chi connectivity index (χ2v) is 6.42. The van der Waals surface area contributed by atoms with Crippen LogP contribution in [0.25, 0.3) is 11.0 Å². The quantitative estimate of drug-likeness (QED) is 0.826. The Morgan fingerprint density at radius 1 is 1.17 bits per heavy atom. The Morgan fingerprint density at radius 2 is 1.92 bits per heavy atom. The Hall–Kier alpha value is -2.12. The minimum absolute atomic E-state index is 0.315. The van der Waals surface area contributed by atoms with Crippen LogP contribution in [0, 0.1) is 0 Å². The zero-order chi connectivity index (χ0) is 16.5. The van der Waals surface area contributed by atoms with E-state index < -0.39 is 5.56 Å². The fourth-order valence-corrected chi connectivity index (χ4v) is 3.80. The number of aromatic nitrogens is 2. The molecular weight excluding hydrogens is 308 g/mol. The summed E-state index contributed by atoms with van der Waals surface area (Å²) in [4.78, 5) is 20.9. The smallest absolute Gasteiger partial charge is 0.286 e. The number of nitrogens with zero attached hydrogens (tertiary/aromatic N) is 4. The zero-order valence-electron chi connectivity index (χ0n) is 13.6. The van der Waals surface area contributed by atoms with Gasteiger partial charge in [-0.3, -0.25) is 9.69 Å². The molecule has 0 bridgehead atoms. The number of fused-ring (bicyclic) bond motifs is 1. The lowest BCUT2D eigenvalue weighted by molar-refractivity contribution is 0.0115. The number of morpholine rings is 1. The predicted molar refractivity (Wildman–Crippen MR) is 90.8 cm³/mol.